The summed E-state index contributed by atoms with van der Waals surface area (Å²) < 4.78 is 10.7. The molecule has 0 fully saturated rings. The number of carbonyl (C=O) groups excluding carboxylic acids is 2. The molecule has 32 heavy (non-hydrogen) atoms. The molecule has 0 unspecified atom stereocenters. The van der Waals surface area contributed by atoms with E-state index in [2.05, 4.69) is 10.3 Å². The van der Waals surface area contributed by atoms with Gasteiger partial charge in [0.1, 0.15) is 16.5 Å². The van der Waals surface area contributed by atoms with Crippen molar-refractivity contribution < 1.29 is 19.1 Å². The van der Waals surface area contributed by atoms with E-state index >= 15 is 0 Å². The lowest BCUT2D eigenvalue weighted by Crippen LogP contribution is -2.30. The molecule has 164 valence electrons. The SMILES string of the molecule is CCN1C(=O)c2cccnc2Sc2cc(C(=O)NCc3cc(OC)ccc3OC)ccc21. The molecule has 1 aliphatic heterocycles. The lowest BCUT2D eigenvalue weighted by atomic mass is 10.1. The maximum atomic E-state index is 13.0. The minimum Gasteiger partial charge on any atom is -0.497 e. The molecular formula is C24H23N3O4S. The molecule has 0 aliphatic carbocycles. The van der Waals surface area contributed by atoms with Gasteiger partial charge in [0.05, 0.1) is 25.5 Å². The second-order valence-corrected chi connectivity index (χ2v) is 8.08. The minimum absolute atomic E-state index is 0.0934. The highest BCUT2D eigenvalue weighted by atomic mass is 32.2. The molecular weight excluding hydrogens is 426 g/mol. The standard InChI is InChI=1S/C24H23N3O4S/c1-4-27-19-9-7-15(13-21(19)32-23-18(24(27)29)6-5-11-25-23)22(28)26-14-16-12-17(30-2)8-10-20(16)31-3/h5-13H,4,14H2,1-3H3,(H,26,28). The molecule has 7 nitrogen and oxygen atoms in total. The number of pyridine rings is 1. The number of anilines is 1. The van der Waals surface area contributed by atoms with Crippen molar-refractivity contribution in [3.63, 3.8) is 0 Å². The average molecular weight is 450 g/mol. The van der Waals surface area contributed by atoms with Gasteiger partial charge in [-0.1, -0.05) is 11.8 Å². The van der Waals surface area contributed by atoms with E-state index in [1.54, 1.807) is 61.7 Å². The van der Waals surface area contributed by atoms with Crippen molar-refractivity contribution in [3.05, 3.63) is 71.4 Å². The fraction of sp³-hybridized carbons (Fsp3) is 0.208. The molecule has 0 bridgehead atoms. The van der Waals surface area contributed by atoms with Crippen LogP contribution in [0.5, 0.6) is 11.5 Å². The second-order valence-electron chi connectivity index (χ2n) is 7.05. The third kappa shape index (κ3) is 4.13. The van der Waals surface area contributed by atoms with E-state index in [0.717, 1.165) is 16.1 Å². The number of nitrogens with zero attached hydrogens (tertiary/aromatic N) is 2. The maximum Gasteiger partial charge on any atom is 0.261 e. The Morgan fingerprint density at radius 2 is 1.97 bits per heavy atom. The van der Waals surface area contributed by atoms with Gasteiger partial charge in [0.25, 0.3) is 11.8 Å². The quantitative estimate of drug-likeness (QED) is 0.609. The zero-order chi connectivity index (χ0) is 22.7. The minimum atomic E-state index is -0.224. The summed E-state index contributed by atoms with van der Waals surface area (Å²) in [6, 6.07) is 14.3. The molecule has 8 heteroatoms. The highest BCUT2D eigenvalue weighted by Crippen LogP contribution is 2.40. The Balaban J connectivity index is 1.60. The van der Waals surface area contributed by atoms with E-state index in [4.69, 9.17) is 9.47 Å². The molecule has 0 radical (unpaired) electrons. The van der Waals surface area contributed by atoms with Gasteiger partial charge in [-0.2, -0.15) is 0 Å². The molecule has 1 aromatic heterocycles. The molecule has 3 aromatic rings. The van der Waals surface area contributed by atoms with Crippen molar-refractivity contribution in [3.8, 4) is 11.5 Å². The number of hydrogen-bond donors (Lipinski definition) is 1. The number of aromatic nitrogens is 1. The largest absolute Gasteiger partial charge is 0.497 e. The third-order valence-corrected chi connectivity index (χ3v) is 6.27. The van der Waals surface area contributed by atoms with Crippen LogP contribution in [0.3, 0.4) is 0 Å². The second kappa shape index (κ2) is 9.32. The van der Waals surface area contributed by atoms with E-state index in [0.29, 0.717) is 34.2 Å². The van der Waals surface area contributed by atoms with Gasteiger partial charge in [-0.15, -0.1) is 0 Å². The van der Waals surface area contributed by atoms with Crippen LogP contribution in [0.1, 0.15) is 33.2 Å². The molecule has 0 spiro atoms. The van der Waals surface area contributed by atoms with Gasteiger partial charge in [-0.25, -0.2) is 4.98 Å². The molecule has 4 rings (SSSR count). The number of hydrogen-bond acceptors (Lipinski definition) is 6. The van der Waals surface area contributed by atoms with Crippen LogP contribution in [0.15, 0.2) is 64.6 Å². The van der Waals surface area contributed by atoms with Crippen LogP contribution in [0.4, 0.5) is 5.69 Å². The third-order valence-electron chi connectivity index (χ3n) is 5.21. The summed E-state index contributed by atoms with van der Waals surface area (Å²) in [6.07, 6.45) is 1.67. The summed E-state index contributed by atoms with van der Waals surface area (Å²) in [6.45, 7) is 2.73. The van der Waals surface area contributed by atoms with Crippen molar-refractivity contribution in [2.75, 3.05) is 25.7 Å². The summed E-state index contributed by atoms with van der Waals surface area (Å²) in [5.74, 6) is 1.04. The summed E-state index contributed by atoms with van der Waals surface area (Å²) in [7, 11) is 3.18. The maximum absolute atomic E-state index is 13.0. The zero-order valence-electron chi connectivity index (χ0n) is 18.0. The fourth-order valence-electron chi connectivity index (χ4n) is 3.57. The van der Waals surface area contributed by atoms with Gasteiger partial charge >= 0.3 is 0 Å². The Kier molecular flexibility index (Phi) is 6.32. The highest BCUT2D eigenvalue weighted by Gasteiger charge is 2.27. The first-order valence-electron chi connectivity index (χ1n) is 10.1. The molecule has 2 heterocycles. The first-order chi connectivity index (χ1) is 15.5. The summed E-state index contributed by atoms with van der Waals surface area (Å²) in [5.41, 5.74) is 2.64. The van der Waals surface area contributed by atoms with Crippen LogP contribution in [-0.2, 0) is 6.54 Å². The Bertz CT molecular complexity index is 1180. The molecule has 2 aromatic carbocycles. The molecule has 1 aliphatic rings. The predicted octanol–water partition coefficient (Wildman–Crippen LogP) is 4.16. The first-order valence-corrected chi connectivity index (χ1v) is 10.9. The number of methoxy groups -OCH3 is 2. The van der Waals surface area contributed by atoms with Crippen molar-refractivity contribution >= 4 is 29.3 Å². The van der Waals surface area contributed by atoms with Crippen molar-refractivity contribution in [1.29, 1.82) is 0 Å². The van der Waals surface area contributed by atoms with E-state index in [1.165, 1.54) is 11.8 Å². The Labute approximate surface area is 190 Å². The van der Waals surface area contributed by atoms with Gasteiger partial charge in [-0.05, 0) is 55.5 Å². The number of nitrogens with one attached hydrogen (secondary N) is 1. The van der Waals surface area contributed by atoms with Crippen LogP contribution in [0.25, 0.3) is 0 Å². The van der Waals surface area contributed by atoms with E-state index in [1.807, 2.05) is 19.1 Å². The van der Waals surface area contributed by atoms with E-state index < -0.39 is 0 Å². The van der Waals surface area contributed by atoms with Crippen LogP contribution < -0.4 is 19.7 Å². The number of ether oxygens (including phenoxy) is 2. The number of fused-ring (bicyclic) bond motifs is 2. The molecule has 0 saturated carbocycles. The van der Waals surface area contributed by atoms with Crippen LogP contribution in [0.2, 0.25) is 0 Å². The molecule has 2 amide bonds. The lowest BCUT2D eigenvalue weighted by Gasteiger charge is -2.21. The molecule has 1 N–H and O–H groups in total. The Morgan fingerprint density at radius 1 is 1.12 bits per heavy atom. The Hall–Kier alpha value is -3.52. The number of amides is 2. The topological polar surface area (TPSA) is 80.8 Å². The van der Waals surface area contributed by atoms with Gasteiger partial charge in [0, 0.05) is 35.3 Å². The first kappa shape index (κ1) is 21.7. The summed E-state index contributed by atoms with van der Waals surface area (Å²) in [4.78, 5) is 32.8. The van der Waals surface area contributed by atoms with E-state index in [-0.39, 0.29) is 18.4 Å². The molecule has 0 saturated heterocycles. The van der Waals surface area contributed by atoms with Crippen molar-refractivity contribution in [1.82, 2.24) is 10.3 Å². The average Bonchev–Trinajstić information content (AvgIpc) is 2.95. The smallest absolute Gasteiger partial charge is 0.261 e. The van der Waals surface area contributed by atoms with Crippen LogP contribution in [0, 0.1) is 0 Å². The summed E-state index contributed by atoms with van der Waals surface area (Å²) >= 11 is 1.39. The van der Waals surface area contributed by atoms with Crippen molar-refractivity contribution in [2.45, 2.75) is 23.4 Å². The van der Waals surface area contributed by atoms with Gasteiger partial charge in [0.2, 0.25) is 0 Å². The van der Waals surface area contributed by atoms with Crippen LogP contribution in [-0.4, -0.2) is 37.6 Å². The Morgan fingerprint density at radius 3 is 2.72 bits per heavy atom. The number of carbonyl (C=O) groups is 2. The normalized spacial score (nSPS) is 12.5. The number of benzene rings is 2. The summed E-state index contributed by atoms with van der Waals surface area (Å²) in [5, 5.41) is 3.57. The fourth-order valence-corrected chi connectivity index (χ4v) is 4.62. The zero-order valence-corrected chi connectivity index (χ0v) is 18.9. The lowest BCUT2D eigenvalue weighted by molar-refractivity contribution is 0.0949. The molecule has 0 atom stereocenters. The number of rotatable bonds is 6. The predicted molar refractivity (Wildman–Crippen MR) is 123 cm³/mol. The highest BCUT2D eigenvalue weighted by molar-refractivity contribution is 7.99. The van der Waals surface area contributed by atoms with Gasteiger partial charge in [-0.3, -0.25) is 9.59 Å². The monoisotopic (exact) mass is 449 g/mol. The van der Waals surface area contributed by atoms with Gasteiger partial charge < -0.3 is 19.7 Å². The van der Waals surface area contributed by atoms with Gasteiger partial charge in [0.15, 0.2) is 0 Å². The van der Waals surface area contributed by atoms with Crippen molar-refractivity contribution in [2.24, 2.45) is 0 Å². The van der Waals surface area contributed by atoms with Crippen LogP contribution >= 0.6 is 11.8 Å². The van der Waals surface area contributed by atoms with E-state index in [9.17, 15) is 9.59 Å².